The first-order chi connectivity index (χ1) is 9.13. The Balaban J connectivity index is 0.000000399. The number of hydrogen-bond acceptors (Lipinski definition) is 1. The molecule has 1 nitrogen and oxygen atoms in total. The molecule has 0 atom stereocenters. The Kier molecular flexibility index (Phi) is 6.82. The second-order valence-electron chi connectivity index (χ2n) is 3.39. The number of alkyl halides is 4. The minimum Gasteiger partial charge on any atom is -0.463 e. The van der Waals surface area contributed by atoms with E-state index in [0.717, 1.165) is 11.1 Å². The third kappa shape index (κ3) is 6.15. The van der Waals surface area contributed by atoms with Gasteiger partial charge in [-0.15, -0.1) is 0 Å². The molecule has 0 saturated heterocycles. The molecule has 2 aromatic carbocycles. The molecular formula is C14H12ClF3O. The van der Waals surface area contributed by atoms with Gasteiger partial charge in [-0.25, -0.2) is 4.39 Å². The molecule has 0 N–H and O–H groups in total. The molecule has 2 aromatic rings. The van der Waals surface area contributed by atoms with Gasteiger partial charge in [0.05, 0.1) is 0 Å². The summed E-state index contributed by atoms with van der Waals surface area (Å²) in [6.45, 7) is -0.787. The van der Waals surface area contributed by atoms with E-state index in [9.17, 15) is 13.2 Å². The van der Waals surface area contributed by atoms with Crippen molar-refractivity contribution in [3.05, 3.63) is 54.6 Å². The van der Waals surface area contributed by atoms with Gasteiger partial charge < -0.3 is 4.74 Å². The van der Waals surface area contributed by atoms with Crippen LogP contribution >= 0.6 is 11.6 Å². The number of benzene rings is 2. The largest absolute Gasteiger partial charge is 0.463 e. The lowest BCUT2D eigenvalue weighted by atomic mass is 10.1. The van der Waals surface area contributed by atoms with Gasteiger partial charge in [0.25, 0.3) is 0 Å². The van der Waals surface area contributed by atoms with Crippen LogP contribution in [0.1, 0.15) is 0 Å². The van der Waals surface area contributed by atoms with Crippen LogP contribution in [0.15, 0.2) is 54.6 Å². The molecule has 0 heterocycles. The fourth-order valence-corrected chi connectivity index (χ4v) is 1.44. The van der Waals surface area contributed by atoms with Crippen molar-refractivity contribution < 1.29 is 17.9 Å². The van der Waals surface area contributed by atoms with Crippen molar-refractivity contribution in [1.29, 1.82) is 0 Å². The molecule has 0 aromatic heterocycles. The molecule has 0 amide bonds. The Labute approximate surface area is 114 Å². The van der Waals surface area contributed by atoms with Gasteiger partial charge in [-0.1, -0.05) is 54.1 Å². The molecule has 0 spiro atoms. The summed E-state index contributed by atoms with van der Waals surface area (Å²) in [7, 11) is 0. The van der Waals surface area contributed by atoms with E-state index in [0.29, 0.717) is 5.75 Å². The predicted octanol–water partition coefficient (Wildman–Crippen LogP) is 5.11. The molecule has 0 radical (unpaired) electrons. The summed E-state index contributed by atoms with van der Waals surface area (Å²) in [6, 6.07) is 17.4. The maximum absolute atomic E-state index is 11.9. The molecule has 0 aliphatic heterocycles. The number of ether oxygens (including phenoxy) is 1. The summed E-state index contributed by atoms with van der Waals surface area (Å²) >= 11 is 3.94. The lowest BCUT2D eigenvalue weighted by Gasteiger charge is -2.03. The maximum atomic E-state index is 11.9. The standard InChI is InChI=1S/C13H11FO.CHClF2/c14-10-15-13-8-6-12(7-9-13)11-4-2-1-3-5-11;2-1(3)4/h1-9H,10H2;1H. The fourth-order valence-electron chi connectivity index (χ4n) is 1.44. The highest BCUT2D eigenvalue weighted by Gasteiger charge is 1.97. The van der Waals surface area contributed by atoms with Crippen molar-refractivity contribution in [2.75, 3.05) is 6.86 Å². The lowest BCUT2D eigenvalue weighted by Crippen LogP contribution is -1.89. The van der Waals surface area contributed by atoms with E-state index < -0.39 is 12.7 Å². The molecule has 0 aliphatic rings. The van der Waals surface area contributed by atoms with Crippen LogP contribution < -0.4 is 4.74 Å². The lowest BCUT2D eigenvalue weighted by molar-refractivity contribution is 0.192. The zero-order valence-corrected chi connectivity index (χ0v) is 10.7. The summed E-state index contributed by atoms with van der Waals surface area (Å²) in [5.74, 6) is -2.14. The van der Waals surface area contributed by atoms with Gasteiger partial charge in [-0.2, -0.15) is 8.78 Å². The van der Waals surface area contributed by atoms with Crippen LogP contribution in [-0.4, -0.2) is 12.7 Å². The van der Waals surface area contributed by atoms with E-state index in [-0.39, 0.29) is 0 Å². The van der Waals surface area contributed by atoms with Gasteiger partial charge in [-0.05, 0) is 23.3 Å². The van der Waals surface area contributed by atoms with Crippen LogP contribution in [0.3, 0.4) is 0 Å². The van der Waals surface area contributed by atoms with E-state index in [1.54, 1.807) is 12.1 Å². The van der Waals surface area contributed by atoms with Crippen molar-refractivity contribution in [2.24, 2.45) is 0 Å². The molecule has 5 heteroatoms. The van der Waals surface area contributed by atoms with Crippen molar-refractivity contribution >= 4 is 11.6 Å². The van der Waals surface area contributed by atoms with Crippen LogP contribution in [0.5, 0.6) is 5.75 Å². The summed E-state index contributed by atoms with van der Waals surface area (Å²) in [6.07, 6.45) is 0. The van der Waals surface area contributed by atoms with Crippen LogP contribution in [-0.2, 0) is 0 Å². The number of rotatable bonds is 3. The van der Waals surface area contributed by atoms with E-state index in [4.69, 9.17) is 4.74 Å². The monoisotopic (exact) mass is 288 g/mol. The normalized spacial score (nSPS) is 9.74. The second-order valence-corrected chi connectivity index (χ2v) is 3.72. The highest BCUT2D eigenvalue weighted by molar-refractivity contribution is 6.18. The highest BCUT2D eigenvalue weighted by Crippen LogP contribution is 2.21. The van der Waals surface area contributed by atoms with Crippen LogP contribution in [0, 0.1) is 0 Å². The second kappa shape index (κ2) is 8.43. The Morgan fingerprint density at radius 2 is 1.37 bits per heavy atom. The predicted molar refractivity (Wildman–Crippen MR) is 70.3 cm³/mol. The van der Waals surface area contributed by atoms with E-state index in [1.807, 2.05) is 42.5 Å². The summed E-state index contributed by atoms with van der Waals surface area (Å²) in [5.41, 5.74) is 2.24. The third-order valence-electron chi connectivity index (χ3n) is 2.18. The first kappa shape index (κ1) is 15.4. The minimum atomic E-state index is -2.69. The third-order valence-corrected chi connectivity index (χ3v) is 2.18. The number of hydrogen-bond donors (Lipinski definition) is 0. The van der Waals surface area contributed by atoms with Crippen molar-refractivity contribution in [3.63, 3.8) is 0 Å². The SMILES string of the molecule is FC(F)Cl.FCOc1ccc(-c2ccccc2)cc1. The van der Waals surface area contributed by atoms with Crippen molar-refractivity contribution in [1.82, 2.24) is 0 Å². The average Bonchev–Trinajstić information content (AvgIpc) is 2.40. The first-order valence-electron chi connectivity index (χ1n) is 5.40. The van der Waals surface area contributed by atoms with Gasteiger partial charge in [0.15, 0.2) is 0 Å². The molecule has 2 rings (SSSR count). The first-order valence-corrected chi connectivity index (χ1v) is 5.83. The van der Waals surface area contributed by atoms with Crippen LogP contribution in [0.2, 0.25) is 0 Å². The topological polar surface area (TPSA) is 9.23 Å². The van der Waals surface area contributed by atoms with Crippen molar-refractivity contribution in [3.8, 4) is 16.9 Å². The highest BCUT2D eigenvalue weighted by atomic mass is 35.5. The van der Waals surface area contributed by atoms with Gasteiger partial charge >= 0.3 is 5.88 Å². The van der Waals surface area contributed by atoms with Gasteiger partial charge in [0.1, 0.15) is 5.75 Å². The zero-order chi connectivity index (χ0) is 14.1. The smallest absolute Gasteiger partial charge is 0.312 e. The summed E-state index contributed by atoms with van der Waals surface area (Å²) in [4.78, 5) is 0. The molecule has 0 saturated carbocycles. The molecule has 0 aliphatic carbocycles. The molecule has 19 heavy (non-hydrogen) atoms. The van der Waals surface area contributed by atoms with Crippen LogP contribution in [0.25, 0.3) is 11.1 Å². The summed E-state index contributed by atoms with van der Waals surface area (Å²) in [5, 5.41) is 0. The maximum Gasteiger partial charge on any atom is 0.312 e. The quantitative estimate of drug-likeness (QED) is 0.713. The summed E-state index contributed by atoms with van der Waals surface area (Å²) < 4.78 is 36.8. The minimum absolute atomic E-state index is 0.553. The Bertz CT molecular complexity index is 457. The van der Waals surface area contributed by atoms with Gasteiger partial charge in [0.2, 0.25) is 6.86 Å². The van der Waals surface area contributed by atoms with E-state index in [1.165, 1.54) is 0 Å². The van der Waals surface area contributed by atoms with Gasteiger partial charge in [-0.3, -0.25) is 0 Å². The van der Waals surface area contributed by atoms with E-state index >= 15 is 0 Å². The Morgan fingerprint density at radius 3 is 1.84 bits per heavy atom. The average molecular weight is 289 g/mol. The zero-order valence-electron chi connectivity index (χ0n) is 9.90. The Hall–Kier alpha value is -1.68. The van der Waals surface area contributed by atoms with Crippen LogP contribution in [0.4, 0.5) is 13.2 Å². The molecular weight excluding hydrogens is 277 g/mol. The molecule has 0 bridgehead atoms. The molecule has 102 valence electrons. The van der Waals surface area contributed by atoms with E-state index in [2.05, 4.69) is 11.6 Å². The van der Waals surface area contributed by atoms with Gasteiger partial charge in [0, 0.05) is 0 Å². The van der Waals surface area contributed by atoms with Crippen molar-refractivity contribution in [2.45, 2.75) is 5.88 Å². The fraction of sp³-hybridized carbons (Fsp3) is 0.143. The number of halogens is 4. The molecule has 0 unspecified atom stereocenters. The molecule has 0 fully saturated rings. The Morgan fingerprint density at radius 1 is 0.895 bits per heavy atom.